The van der Waals surface area contributed by atoms with Crippen LogP contribution in [0, 0.1) is 10.8 Å². The lowest BCUT2D eigenvalue weighted by Gasteiger charge is -2.42. The zero-order valence-corrected chi connectivity index (χ0v) is 9.39. The third-order valence-electron chi connectivity index (χ3n) is 2.73. The molecule has 0 fully saturated rings. The largest absolute Gasteiger partial charge is 0.396 e. The second-order valence-corrected chi connectivity index (χ2v) is 4.55. The van der Waals surface area contributed by atoms with Crippen molar-refractivity contribution in [1.29, 1.82) is 0 Å². The summed E-state index contributed by atoms with van der Waals surface area (Å²) in [7, 11) is 3.29. The Labute approximate surface area is 81.0 Å². The van der Waals surface area contributed by atoms with Crippen LogP contribution in [0.25, 0.3) is 0 Å². The highest BCUT2D eigenvalue weighted by Crippen LogP contribution is 2.38. The van der Waals surface area contributed by atoms with Crippen LogP contribution in [0.4, 0.5) is 0 Å². The summed E-state index contributed by atoms with van der Waals surface area (Å²) < 4.78 is 10.3. The maximum absolute atomic E-state index is 9.41. The Hall–Kier alpha value is -0.120. The standard InChI is InChI=1S/C10H22O3/c1-9(2,3)10(6-11,7-12-4)8-13-5/h11H,6-8H2,1-5H3. The van der Waals surface area contributed by atoms with Crippen molar-refractivity contribution in [2.75, 3.05) is 34.0 Å². The molecule has 0 aromatic rings. The summed E-state index contributed by atoms with van der Waals surface area (Å²) in [5.41, 5.74) is -0.343. The molecule has 0 aliphatic carbocycles. The summed E-state index contributed by atoms with van der Waals surface area (Å²) in [6.45, 7) is 7.36. The van der Waals surface area contributed by atoms with Crippen molar-refractivity contribution in [1.82, 2.24) is 0 Å². The van der Waals surface area contributed by atoms with Crippen molar-refractivity contribution in [3.8, 4) is 0 Å². The average Bonchev–Trinajstić information content (AvgIpc) is 2.02. The van der Waals surface area contributed by atoms with Gasteiger partial charge in [-0.1, -0.05) is 20.8 Å². The van der Waals surface area contributed by atoms with E-state index in [0.717, 1.165) is 0 Å². The first kappa shape index (κ1) is 12.9. The van der Waals surface area contributed by atoms with Crippen LogP contribution in [0.15, 0.2) is 0 Å². The zero-order chi connectivity index (χ0) is 10.5. The van der Waals surface area contributed by atoms with E-state index in [0.29, 0.717) is 13.2 Å². The maximum Gasteiger partial charge on any atom is 0.0567 e. The van der Waals surface area contributed by atoms with E-state index in [-0.39, 0.29) is 17.4 Å². The van der Waals surface area contributed by atoms with Gasteiger partial charge in [-0.25, -0.2) is 0 Å². The molecule has 0 bridgehead atoms. The Kier molecular flexibility index (Phi) is 4.89. The molecular formula is C10H22O3. The van der Waals surface area contributed by atoms with Gasteiger partial charge in [-0.3, -0.25) is 0 Å². The number of hydrogen-bond acceptors (Lipinski definition) is 3. The van der Waals surface area contributed by atoms with Gasteiger partial charge in [-0.15, -0.1) is 0 Å². The monoisotopic (exact) mass is 190 g/mol. The lowest BCUT2D eigenvalue weighted by atomic mass is 9.68. The van der Waals surface area contributed by atoms with Gasteiger partial charge in [-0.05, 0) is 5.41 Å². The molecule has 3 nitrogen and oxygen atoms in total. The van der Waals surface area contributed by atoms with Crippen LogP contribution in [0.2, 0.25) is 0 Å². The summed E-state index contributed by atoms with van der Waals surface area (Å²) in [6.07, 6.45) is 0. The Morgan fingerprint density at radius 1 is 1.00 bits per heavy atom. The van der Waals surface area contributed by atoms with Gasteiger partial charge in [-0.2, -0.15) is 0 Å². The molecule has 0 saturated heterocycles. The highest BCUT2D eigenvalue weighted by molar-refractivity contribution is 4.89. The molecule has 3 heteroatoms. The van der Waals surface area contributed by atoms with Crippen molar-refractivity contribution in [3.63, 3.8) is 0 Å². The predicted octanol–water partition coefficient (Wildman–Crippen LogP) is 1.30. The minimum Gasteiger partial charge on any atom is -0.396 e. The van der Waals surface area contributed by atoms with E-state index >= 15 is 0 Å². The summed E-state index contributed by atoms with van der Waals surface area (Å²) in [5, 5.41) is 9.41. The van der Waals surface area contributed by atoms with Crippen molar-refractivity contribution in [2.24, 2.45) is 10.8 Å². The first-order valence-corrected chi connectivity index (χ1v) is 4.52. The van der Waals surface area contributed by atoms with Gasteiger partial charge in [0.05, 0.1) is 19.8 Å². The number of aliphatic hydroxyl groups excluding tert-OH is 1. The molecule has 80 valence electrons. The van der Waals surface area contributed by atoms with E-state index in [2.05, 4.69) is 20.8 Å². The molecule has 1 N–H and O–H groups in total. The molecule has 0 aliphatic heterocycles. The van der Waals surface area contributed by atoms with E-state index in [1.54, 1.807) is 14.2 Å². The summed E-state index contributed by atoms with van der Waals surface area (Å²) in [4.78, 5) is 0. The molecule has 0 rings (SSSR count). The number of methoxy groups -OCH3 is 2. The SMILES string of the molecule is COCC(CO)(COC)C(C)(C)C. The molecule has 0 aromatic carbocycles. The molecule has 0 amide bonds. The van der Waals surface area contributed by atoms with Crippen LogP contribution in [0.3, 0.4) is 0 Å². The van der Waals surface area contributed by atoms with E-state index in [1.165, 1.54) is 0 Å². The Balaban J connectivity index is 4.64. The van der Waals surface area contributed by atoms with Crippen molar-refractivity contribution in [2.45, 2.75) is 20.8 Å². The summed E-state index contributed by atoms with van der Waals surface area (Å²) in [5.74, 6) is 0. The molecule has 13 heavy (non-hydrogen) atoms. The van der Waals surface area contributed by atoms with Crippen LogP contribution in [-0.2, 0) is 9.47 Å². The number of hydrogen-bond donors (Lipinski definition) is 1. The van der Waals surface area contributed by atoms with Gasteiger partial charge in [0, 0.05) is 19.6 Å². The first-order chi connectivity index (χ1) is 5.93. The maximum atomic E-state index is 9.41. The molecule has 0 unspecified atom stereocenters. The molecule has 0 saturated carbocycles. The van der Waals surface area contributed by atoms with Crippen molar-refractivity contribution in [3.05, 3.63) is 0 Å². The third-order valence-corrected chi connectivity index (χ3v) is 2.73. The Morgan fingerprint density at radius 2 is 1.38 bits per heavy atom. The van der Waals surface area contributed by atoms with Gasteiger partial charge in [0.25, 0.3) is 0 Å². The third kappa shape index (κ3) is 2.93. The Bertz CT molecular complexity index is 132. The fourth-order valence-electron chi connectivity index (χ4n) is 1.36. The van der Waals surface area contributed by atoms with Crippen molar-refractivity contribution >= 4 is 0 Å². The molecular weight excluding hydrogens is 168 g/mol. The van der Waals surface area contributed by atoms with Gasteiger partial charge >= 0.3 is 0 Å². The van der Waals surface area contributed by atoms with E-state index in [1.807, 2.05) is 0 Å². The van der Waals surface area contributed by atoms with Crippen LogP contribution in [0.1, 0.15) is 20.8 Å². The highest BCUT2D eigenvalue weighted by atomic mass is 16.5. The lowest BCUT2D eigenvalue weighted by Crippen LogP contribution is -2.46. The van der Waals surface area contributed by atoms with Gasteiger partial charge in [0.15, 0.2) is 0 Å². The van der Waals surface area contributed by atoms with E-state index < -0.39 is 0 Å². The van der Waals surface area contributed by atoms with Crippen LogP contribution in [-0.4, -0.2) is 39.1 Å². The predicted molar refractivity (Wildman–Crippen MR) is 52.7 cm³/mol. The minimum atomic E-state index is -0.309. The van der Waals surface area contributed by atoms with Crippen LogP contribution >= 0.6 is 0 Å². The minimum absolute atomic E-state index is 0.0340. The van der Waals surface area contributed by atoms with E-state index in [4.69, 9.17) is 9.47 Å². The van der Waals surface area contributed by atoms with Crippen LogP contribution < -0.4 is 0 Å². The van der Waals surface area contributed by atoms with Crippen LogP contribution in [0.5, 0.6) is 0 Å². The molecule has 0 aliphatic rings. The van der Waals surface area contributed by atoms with Crippen molar-refractivity contribution < 1.29 is 14.6 Å². The fourth-order valence-corrected chi connectivity index (χ4v) is 1.36. The van der Waals surface area contributed by atoms with Gasteiger partial charge in [0.1, 0.15) is 0 Å². The normalized spacial score (nSPS) is 13.4. The zero-order valence-electron chi connectivity index (χ0n) is 9.39. The fraction of sp³-hybridized carbons (Fsp3) is 1.00. The smallest absolute Gasteiger partial charge is 0.0567 e. The second-order valence-electron chi connectivity index (χ2n) is 4.55. The second kappa shape index (κ2) is 4.94. The number of rotatable bonds is 5. The Morgan fingerprint density at radius 3 is 1.54 bits per heavy atom. The first-order valence-electron chi connectivity index (χ1n) is 4.52. The average molecular weight is 190 g/mol. The topological polar surface area (TPSA) is 38.7 Å². The van der Waals surface area contributed by atoms with E-state index in [9.17, 15) is 5.11 Å². The number of aliphatic hydroxyl groups is 1. The lowest BCUT2D eigenvalue weighted by molar-refractivity contribution is -0.0907. The summed E-state index contributed by atoms with van der Waals surface area (Å²) in [6, 6.07) is 0. The molecule has 0 atom stereocenters. The molecule has 0 radical (unpaired) electrons. The highest BCUT2D eigenvalue weighted by Gasteiger charge is 2.41. The van der Waals surface area contributed by atoms with Gasteiger partial charge in [0.2, 0.25) is 0 Å². The quantitative estimate of drug-likeness (QED) is 0.710. The van der Waals surface area contributed by atoms with Gasteiger partial charge < -0.3 is 14.6 Å². The molecule has 0 heterocycles. The molecule has 0 aromatic heterocycles. The molecule has 0 spiro atoms. The number of ether oxygens (including phenoxy) is 2. The summed E-state index contributed by atoms with van der Waals surface area (Å²) >= 11 is 0.